The first kappa shape index (κ1) is 14.2. The zero-order valence-electron chi connectivity index (χ0n) is 10.4. The normalized spacial score (nSPS) is 11.4. The maximum Gasteiger partial charge on any atom is 0.312 e. The Hall–Kier alpha value is -0.770. The van der Waals surface area contributed by atoms with Gasteiger partial charge in [-0.3, -0.25) is 0 Å². The lowest BCUT2D eigenvalue weighted by Crippen LogP contribution is -2.40. The van der Waals surface area contributed by atoms with Gasteiger partial charge in [-0.25, -0.2) is 4.79 Å². The molecule has 15 heavy (non-hydrogen) atoms. The summed E-state index contributed by atoms with van der Waals surface area (Å²) < 4.78 is 0. The molecule has 0 aliphatic heterocycles. The van der Waals surface area contributed by atoms with Crippen molar-refractivity contribution in [2.45, 2.75) is 27.7 Å². The van der Waals surface area contributed by atoms with Gasteiger partial charge in [0.25, 0.3) is 0 Å². The van der Waals surface area contributed by atoms with Crippen molar-refractivity contribution < 1.29 is 4.79 Å². The highest BCUT2D eigenvalue weighted by Gasteiger charge is 2.08. The van der Waals surface area contributed by atoms with Crippen LogP contribution in [0.15, 0.2) is 0 Å². The second kappa shape index (κ2) is 7.51. The number of carbonyl (C=O) groups is 1. The summed E-state index contributed by atoms with van der Waals surface area (Å²) in [6, 6.07) is -0.441. The lowest BCUT2D eigenvalue weighted by Gasteiger charge is -2.25. The van der Waals surface area contributed by atoms with Crippen LogP contribution in [0.5, 0.6) is 0 Å². The molecule has 0 saturated heterocycles. The van der Waals surface area contributed by atoms with Crippen molar-refractivity contribution >= 4 is 6.03 Å². The molecule has 3 N–H and O–H groups in total. The minimum Gasteiger partial charge on any atom is -0.352 e. The van der Waals surface area contributed by atoms with Crippen LogP contribution in [0.3, 0.4) is 0 Å². The second-order valence-corrected chi connectivity index (χ2v) is 4.84. The van der Waals surface area contributed by atoms with Crippen molar-refractivity contribution in [3.63, 3.8) is 0 Å². The van der Waals surface area contributed by atoms with E-state index < -0.39 is 6.03 Å². The summed E-state index contributed by atoms with van der Waals surface area (Å²) >= 11 is 0. The molecule has 0 heterocycles. The lowest BCUT2D eigenvalue weighted by molar-refractivity contribution is 0.216. The van der Waals surface area contributed by atoms with Crippen molar-refractivity contribution in [2.75, 3.05) is 26.2 Å². The number of nitrogens with zero attached hydrogens (tertiary/aromatic N) is 1. The van der Waals surface area contributed by atoms with Crippen LogP contribution in [0.1, 0.15) is 27.7 Å². The predicted octanol–water partition coefficient (Wildman–Crippen LogP) is 1.27. The van der Waals surface area contributed by atoms with Crippen LogP contribution < -0.4 is 11.1 Å². The van der Waals surface area contributed by atoms with Crippen molar-refractivity contribution in [3.05, 3.63) is 0 Å². The van der Waals surface area contributed by atoms with Gasteiger partial charge in [-0.1, -0.05) is 27.7 Å². The van der Waals surface area contributed by atoms with Crippen LogP contribution in [0, 0.1) is 11.8 Å². The quantitative estimate of drug-likeness (QED) is 0.672. The second-order valence-electron chi connectivity index (χ2n) is 4.84. The minimum atomic E-state index is -0.441. The van der Waals surface area contributed by atoms with Crippen molar-refractivity contribution in [2.24, 2.45) is 17.6 Å². The largest absolute Gasteiger partial charge is 0.352 e. The van der Waals surface area contributed by atoms with Crippen molar-refractivity contribution in [3.8, 4) is 0 Å². The van der Waals surface area contributed by atoms with E-state index in [0.717, 1.165) is 19.6 Å². The number of rotatable bonds is 7. The van der Waals surface area contributed by atoms with E-state index in [1.807, 2.05) is 0 Å². The fourth-order valence-electron chi connectivity index (χ4n) is 1.63. The zero-order chi connectivity index (χ0) is 11.8. The molecule has 4 heteroatoms. The first-order valence-electron chi connectivity index (χ1n) is 5.67. The zero-order valence-corrected chi connectivity index (χ0v) is 10.4. The van der Waals surface area contributed by atoms with Crippen LogP contribution >= 0.6 is 0 Å². The molecule has 0 unspecified atom stereocenters. The number of nitrogens with two attached hydrogens (primary N) is 1. The molecule has 0 atom stereocenters. The van der Waals surface area contributed by atoms with E-state index >= 15 is 0 Å². The van der Waals surface area contributed by atoms with Gasteiger partial charge in [0.2, 0.25) is 0 Å². The van der Waals surface area contributed by atoms with E-state index in [9.17, 15) is 4.79 Å². The molecular weight excluding hydrogens is 190 g/mol. The smallest absolute Gasteiger partial charge is 0.312 e. The molecule has 0 bridgehead atoms. The van der Waals surface area contributed by atoms with Gasteiger partial charge in [0.05, 0.1) is 0 Å². The van der Waals surface area contributed by atoms with E-state index in [1.54, 1.807) is 0 Å². The number of nitrogens with one attached hydrogen (secondary N) is 1. The van der Waals surface area contributed by atoms with Gasteiger partial charge in [-0.05, 0) is 11.8 Å². The van der Waals surface area contributed by atoms with Gasteiger partial charge < -0.3 is 16.0 Å². The highest BCUT2D eigenvalue weighted by atomic mass is 16.2. The number of hydrogen-bond acceptors (Lipinski definition) is 2. The van der Waals surface area contributed by atoms with E-state index in [2.05, 4.69) is 37.9 Å². The van der Waals surface area contributed by atoms with E-state index in [-0.39, 0.29) is 0 Å². The summed E-state index contributed by atoms with van der Waals surface area (Å²) in [4.78, 5) is 12.9. The summed E-state index contributed by atoms with van der Waals surface area (Å²) in [7, 11) is 0. The molecule has 0 spiro atoms. The highest BCUT2D eigenvalue weighted by molar-refractivity contribution is 5.71. The Kier molecular flexibility index (Phi) is 7.13. The van der Waals surface area contributed by atoms with E-state index in [0.29, 0.717) is 18.4 Å². The Morgan fingerprint density at radius 1 is 1.20 bits per heavy atom. The summed E-state index contributed by atoms with van der Waals surface area (Å²) in [5.74, 6) is 1.30. The molecule has 0 radical (unpaired) electrons. The Morgan fingerprint density at radius 3 is 2.00 bits per heavy atom. The topological polar surface area (TPSA) is 58.4 Å². The summed E-state index contributed by atoms with van der Waals surface area (Å²) in [5.41, 5.74) is 5.01. The monoisotopic (exact) mass is 215 g/mol. The van der Waals surface area contributed by atoms with Gasteiger partial charge >= 0.3 is 6.03 Å². The van der Waals surface area contributed by atoms with Gasteiger partial charge in [0, 0.05) is 26.2 Å². The Bertz CT molecular complexity index is 171. The van der Waals surface area contributed by atoms with E-state index in [1.165, 1.54) is 0 Å². The average Bonchev–Trinajstić information content (AvgIpc) is 2.00. The van der Waals surface area contributed by atoms with Gasteiger partial charge in [0.15, 0.2) is 0 Å². The van der Waals surface area contributed by atoms with Crippen molar-refractivity contribution in [1.29, 1.82) is 0 Å². The van der Waals surface area contributed by atoms with E-state index in [4.69, 9.17) is 5.73 Å². The number of hydrogen-bond donors (Lipinski definition) is 2. The fraction of sp³-hybridized carbons (Fsp3) is 0.909. The standard InChI is InChI=1S/C11H25N3O/c1-9(2)7-14(8-10(3)4)6-5-13-11(12)15/h9-10H,5-8H2,1-4H3,(H3,12,13,15). The Balaban J connectivity index is 3.84. The van der Waals surface area contributed by atoms with Gasteiger partial charge in [-0.15, -0.1) is 0 Å². The molecular formula is C11H25N3O. The molecule has 0 fully saturated rings. The number of primary amides is 1. The molecule has 0 aromatic rings. The lowest BCUT2D eigenvalue weighted by atomic mass is 10.1. The third-order valence-electron chi connectivity index (χ3n) is 1.97. The molecule has 4 nitrogen and oxygen atoms in total. The molecule has 0 aliphatic carbocycles. The molecule has 0 rings (SSSR count). The molecule has 90 valence electrons. The molecule has 2 amide bonds. The van der Waals surface area contributed by atoms with Crippen LogP contribution in [0.2, 0.25) is 0 Å². The predicted molar refractivity (Wildman–Crippen MR) is 63.7 cm³/mol. The first-order chi connectivity index (χ1) is 6.91. The first-order valence-corrected chi connectivity index (χ1v) is 5.67. The molecule has 0 aliphatic rings. The molecule has 0 aromatic heterocycles. The third-order valence-corrected chi connectivity index (χ3v) is 1.97. The maximum atomic E-state index is 10.5. The number of urea groups is 1. The number of carbonyl (C=O) groups excluding carboxylic acids is 1. The highest BCUT2D eigenvalue weighted by Crippen LogP contribution is 2.02. The van der Waals surface area contributed by atoms with Gasteiger partial charge in [0.1, 0.15) is 0 Å². The Labute approximate surface area is 93.2 Å². The van der Waals surface area contributed by atoms with Crippen LogP contribution in [0.25, 0.3) is 0 Å². The van der Waals surface area contributed by atoms with Crippen LogP contribution in [-0.2, 0) is 0 Å². The third kappa shape index (κ3) is 9.53. The fourth-order valence-corrected chi connectivity index (χ4v) is 1.63. The van der Waals surface area contributed by atoms with Gasteiger partial charge in [-0.2, -0.15) is 0 Å². The summed E-state index contributed by atoms with van der Waals surface area (Å²) in [6.45, 7) is 12.5. The van der Waals surface area contributed by atoms with Crippen molar-refractivity contribution in [1.82, 2.24) is 10.2 Å². The Morgan fingerprint density at radius 2 is 1.67 bits per heavy atom. The summed E-state index contributed by atoms with van der Waals surface area (Å²) in [5, 5.41) is 2.62. The van der Waals surface area contributed by atoms with Crippen LogP contribution in [0.4, 0.5) is 4.79 Å². The molecule has 0 saturated carbocycles. The minimum absolute atomic E-state index is 0.441. The molecule has 0 aromatic carbocycles. The van der Waals surface area contributed by atoms with Crippen LogP contribution in [-0.4, -0.2) is 37.1 Å². The SMILES string of the molecule is CC(C)CN(CCNC(N)=O)CC(C)C. The maximum absolute atomic E-state index is 10.5. The number of amides is 2. The summed E-state index contributed by atoms with van der Waals surface area (Å²) in [6.07, 6.45) is 0. The average molecular weight is 215 g/mol.